The van der Waals surface area contributed by atoms with Crippen LogP contribution in [0.2, 0.25) is 0 Å². The van der Waals surface area contributed by atoms with Crippen LogP contribution in [0.3, 0.4) is 0 Å². The average Bonchev–Trinajstić information content (AvgIpc) is 2.40. The number of amides is 2. The number of aryl methyl sites for hydroxylation is 1. The normalized spacial score (nSPS) is 14.7. The Morgan fingerprint density at radius 2 is 1.93 bits per heavy atom. The second kappa shape index (κ2) is 2.79. The van der Waals surface area contributed by atoms with Crippen molar-refractivity contribution in [1.29, 1.82) is 0 Å². The molecule has 15 heavy (non-hydrogen) atoms. The predicted octanol–water partition coefficient (Wildman–Crippen LogP) is 1.07. The topological polar surface area (TPSA) is 57.6 Å². The largest absolute Gasteiger partial charge is 0.504 e. The SMILES string of the molecule is Cc1cc2c(c(O)c1F)C(=O)N(C)C2=O. The summed E-state index contributed by atoms with van der Waals surface area (Å²) in [5.74, 6) is -2.79. The number of phenols is 1. The zero-order valence-electron chi connectivity index (χ0n) is 8.17. The Hall–Kier alpha value is -1.91. The van der Waals surface area contributed by atoms with Gasteiger partial charge in [-0.05, 0) is 18.6 Å². The van der Waals surface area contributed by atoms with Crippen molar-refractivity contribution < 1.29 is 19.1 Å². The first-order chi connectivity index (χ1) is 6.95. The number of hydrogen-bond donors (Lipinski definition) is 1. The Kier molecular flexibility index (Phi) is 1.79. The molecule has 78 valence electrons. The zero-order valence-corrected chi connectivity index (χ0v) is 8.17. The predicted molar refractivity (Wildman–Crippen MR) is 49.2 cm³/mol. The summed E-state index contributed by atoms with van der Waals surface area (Å²) in [6, 6.07) is 1.27. The molecule has 0 bridgehead atoms. The minimum atomic E-state index is -0.856. The fourth-order valence-electron chi connectivity index (χ4n) is 1.60. The van der Waals surface area contributed by atoms with Crippen LogP contribution in [0.5, 0.6) is 5.75 Å². The standard InChI is InChI=1S/C10H8FNO3/c1-4-3-5-6(8(13)7(4)11)10(15)12(2)9(5)14/h3,13H,1-2H3. The van der Waals surface area contributed by atoms with E-state index in [0.29, 0.717) is 0 Å². The molecule has 1 aliphatic heterocycles. The summed E-state index contributed by atoms with van der Waals surface area (Å²) in [6.07, 6.45) is 0. The molecule has 2 amide bonds. The second-order valence-electron chi connectivity index (χ2n) is 3.45. The molecule has 1 aromatic rings. The Labute approximate surface area is 84.9 Å². The number of hydrogen-bond acceptors (Lipinski definition) is 3. The van der Waals surface area contributed by atoms with E-state index in [0.717, 1.165) is 4.90 Å². The molecule has 0 spiro atoms. The van der Waals surface area contributed by atoms with Crippen LogP contribution in [0.1, 0.15) is 26.3 Å². The molecule has 1 N–H and O–H groups in total. The van der Waals surface area contributed by atoms with Crippen LogP contribution >= 0.6 is 0 Å². The van der Waals surface area contributed by atoms with E-state index in [1.807, 2.05) is 0 Å². The third-order valence-electron chi connectivity index (χ3n) is 2.47. The highest BCUT2D eigenvalue weighted by atomic mass is 19.1. The highest BCUT2D eigenvalue weighted by Crippen LogP contribution is 2.33. The van der Waals surface area contributed by atoms with Gasteiger partial charge in [0.25, 0.3) is 11.8 Å². The van der Waals surface area contributed by atoms with Crippen molar-refractivity contribution in [3.63, 3.8) is 0 Å². The summed E-state index contributed by atoms with van der Waals surface area (Å²) in [5.41, 5.74) is -0.0489. The van der Waals surface area contributed by atoms with Crippen molar-refractivity contribution in [3.8, 4) is 5.75 Å². The minimum absolute atomic E-state index is 0.0545. The van der Waals surface area contributed by atoms with E-state index in [-0.39, 0.29) is 16.7 Å². The summed E-state index contributed by atoms with van der Waals surface area (Å²) in [4.78, 5) is 23.8. The number of imide groups is 1. The van der Waals surface area contributed by atoms with Crippen LogP contribution in [-0.2, 0) is 0 Å². The molecule has 0 aliphatic carbocycles. The minimum Gasteiger partial charge on any atom is -0.504 e. The van der Waals surface area contributed by atoms with E-state index in [9.17, 15) is 19.1 Å². The molecule has 0 atom stereocenters. The Bertz CT molecular complexity index is 496. The summed E-state index contributed by atoms with van der Waals surface area (Å²) >= 11 is 0. The molecule has 0 aromatic heterocycles. The number of phenolic OH excluding ortho intramolecular Hbond substituents is 1. The van der Waals surface area contributed by atoms with Crippen LogP contribution in [0.15, 0.2) is 6.07 Å². The van der Waals surface area contributed by atoms with Gasteiger partial charge in [-0.15, -0.1) is 0 Å². The first-order valence-electron chi connectivity index (χ1n) is 4.29. The van der Waals surface area contributed by atoms with Crippen LogP contribution in [0.25, 0.3) is 0 Å². The zero-order chi connectivity index (χ0) is 11.3. The van der Waals surface area contributed by atoms with E-state index in [2.05, 4.69) is 0 Å². The lowest BCUT2D eigenvalue weighted by atomic mass is 10.0. The molecule has 0 saturated carbocycles. The highest BCUT2D eigenvalue weighted by molar-refractivity contribution is 6.22. The van der Waals surface area contributed by atoms with Crippen molar-refractivity contribution in [3.05, 3.63) is 28.6 Å². The maximum absolute atomic E-state index is 13.3. The summed E-state index contributed by atoms with van der Waals surface area (Å²) in [5, 5.41) is 9.43. The van der Waals surface area contributed by atoms with Gasteiger partial charge in [0.1, 0.15) is 0 Å². The second-order valence-corrected chi connectivity index (χ2v) is 3.45. The lowest BCUT2D eigenvalue weighted by Gasteiger charge is -2.03. The van der Waals surface area contributed by atoms with Crippen LogP contribution in [0.4, 0.5) is 4.39 Å². The quantitative estimate of drug-likeness (QED) is 0.650. The van der Waals surface area contributed by atoms with Crippen molar-refractivity contribution in [2.24, 2.45) is 0 Å². The van der Waals surface area contributed by atoms with Crippen LogP contribution in [0, 0.1) is 12.7 Å². The maximum atomic E-state index is 13.3. The molecule has 0 unspecified atom stereocenters. The number of carbonyl (C=O) groups excluding carboxylic acids is 2. The third kappa shape index (κ3) is 1.06. The van der Waals surface area contributed by atoms with E-state index in [4.69, 9.17) is 0 Å². The molecular formula is C10H8FNO3. The summed E-state index contributed by atoms with van der Waals surface area (Å²) in [6.45, 7) is 1.42. The lowest BCUT2D eigenvalue weighted by Crippen LogP contribution is -2.24. The van der Waals surface area contributed by atoms with Gasteiger partial charge in [-0.2, -0.15) is 0 Å². The monoisotopic (exact) mass is 209 g/mol. The molecule has 0 saturated heterocycles. The fourth-order valence-corrected chi connectivity index (χ4v) is 1.60. The van der Waals surface area contributed by atoms with E-state index >= 15 is 0 Å². The van der Waals surface area contributed by atoms with E-state index in [1.165, 1.54) is 20.0 Å². The van der Waals surface area contributed by atoms with Gasteiger partial charge in [-0.25, -0.2) is 4.39 Å². The van der Waals surface area contributed by atoms with Gasteiger partial charge < -0.3 is 5.11 Å². The van der Waals surface area contributed by atoms with Crippen molar-refractivity contribution in [1.82, 2.24) is 4.90 Å². The number of halogens is 1. The Balaban J connectivity index is 2.81. The summed E-state index contributed by atoms with van der Waals surface area (Å²) in [7, 11) is 1.29. The lowest BCUT2D eigenvalue weighted by molar-refractivity contribution is 0.0692. The molecule has 2 rings (SSSR count). The average molecular weight is 209 g/mol. The van der Waals surface area contributed by atoms with Gasteiger partial charge in [-0.3, -0.25) is 14.5 Å². The van der Waals surface area contributed by atoms with E-state index in [1.54, 1.807) is 0 Å². The Morgan fingerprint density at radius 1 is 1.33 bits per heavy atom. The molecule has 1 heterocycles. The van der Waals surface area contributed by atoms with Crippen LogP contribution < -0.4 is 0 Å². The summed E-state index contributed by atoms with van der Waals surface area (Å²) < 4.78 is 13.3. The first kappa shape index (κ1) is 9.64. The van der Waals surface area contributed by atoms with Crippen molar-refractivity contribution in [2.45, 2.75) is 6.92 Å². The molecule has 5 heteroatoms. The smallest absolute Gasteiger partial charge is 0.265 e. The van der Waals surface area contributed by atoms with Gasteiger partial charge >= 0.3 is 0 Å². The number of fused-ring (bicyclic) bond motifs is 1. The number of rotatable bonds is 0. The molecule has 1 aromatic carbocycles. The van der Waals surface area contributed by atoms with Crippen molar-refractivity contribution >= 4 is 11.8 Å². The molecule has 1 aliphatic rings. The van der Waals surface area contributed by atoms with Gasteiger partial charge in [0.05, 0.1) is 11.1 Å². The molecule has 4 nitrogen and oxygen atoms in total. The van der Waals surface area contributed by atoms with Crippen LogP contribution in [-0.4, -0.2) is 28.9 Å². The van der Waals surface area contributed by atoms with Gasteiger partial charge in [0.2, 0.25) is 0 Å². The number of nitrogens with zero attached hydrogens (tertiary/aromatic N) is 1. The first-order valence-corrected chi connectivity index (χ1v) is 4.29. The molecule has 0 fully saturated rings. The molecular weight excluding hydrogens is 201 g/mol. The number of carbonyl (C=O) groups is 2. The number of aromatic hydroxyl groups is 1. The van der Waals surface area contributed by atoms with Crippen molar-refractivity contribution in [2.75, 3.05) is 7.05 Å². The van der Waals surface area contributed by atoms with Gasteiger partial charge in [0.15, 0.2) is 11.6 Å². The number of benzene rings is 1. The molecule has 0 radical (unpaired) electrons. The fraction of sp³-hybridized carbons (Fsp3) is 0.200. The highest BCUT2D eigenvalue weighted by Gasteiger charge is 2.37. The van der Waals surface area contributed by atoms with Gasteiger partial charge in [0, 0.05) is 7.05 Å². The van der Waals surface area contributed by atoms with E-state index < -0.39 is 23.4 Å². The maximum Gasteiger partial charge on any atom is 0.265 e. The third-order valence-corrected chi connectivity index (χ3v) is 2.47. The van der Waals surface area contributed by atoms with Gasteiger partial charge in [-0.1, -0.05) is 0 Å². The Morgan fingerprint density at radius 3 is 2.53 bits per heavy atom.